The van der Waals surface area contributed by atoms with Crippen molar-refractivity contribution >= 4 is 5.97 Å². The van der Waals surface area contributed by atoms with Crippen molar-refractivity contribution in [2.75, 3.05) is 7.11 Å². The molecule has 0 aliphatic heterocycles. The predicted molar refractivity (Wildman–Crippen MR) is 75.6 cm³/mol. The summed E-state index contributed by atoms with van der Waals surface area (Å²) in [5.41, 5.74) is 1.05. The number of H-pyrrole nitrogens is 1. The van der Waals surface area contributed by atoms with Crippen LogP contribution in [0.2, 0.25) is 0 Å². The number of hydrogen-bond acceptors (Lipinski definition) is 4. The Morgan fingerprint density at radius 3 is 2.81 bits per heavy atom. The van der Waals surface area contributed by atoms with E-state index in [1.165, 1.54) is 25.6 Å². The molecule has 1 aromatic heterocycles. The van der Waals surface area contributed by atoms with Crippen LogP contribution in [0.3, 0.4) is 0 Å². The number of aromatic amines is 1. The van der Waals surface area contributed by atoms with Crippen LogP contribution >= 0.6 is 0 Å². The average molecular weight is 290 g/mol. The van der Waals surface area contributed by atoms with Crippen LogP contribution in [-0.4, -0.2) is 23.0 Å². The van der Waals surface area contributed by atoms with Gasteiger partial charge in [-0.05, 0) is 24.6 Å². The molecule has 21 heavy (non-hydrogen) atoms. The molecule has 0 spiro atoms. The number of benzene rings is 1. The largest absolute Gasteiger partial charge is 0.465 e. The molecule has 0 aliphatic rings. The minimum atomic E-state index is -0.641. The first-order valence-corrected chi connectivity index (χ1v) is 6.52. The number of methoxy groups -OCH3 is 1. The van der Waals surface area contributed by atoms with E-state index in [1.807, 2.05) is 6.92 Å². The van der Waals surface area contributed by atoms with Gasteiger partial charge in [0.05, 0.1) is 24.7 Å². The lowest BCUT2D eigenvalue weighted by molar-refractivity contribution is 0.0600. The molecule has 1 N–H and O–H groups in total. The Hall–Kier alpha value is -2.50. The highest BCUT2D eigenvalue weighted by molar-refractivity contribution is 5.91. The van der Waals surface area contributed by atoms with Gasteiger partial charge in [0.1, 0.15) is 5.82 Å². The van der Waals surface area contributed by atoms with E-state index >= 15 is 0 Å². The summed E-state index contributed by atoms with van der Waals surface area (Å²) >= 11 is 0. The van der Waals surface area contributed by atoms with Crippen molar-refractivity contribution in [1.82, 2.24) is 9.97 Å². The van der Waals surface area contributed by atoms with Gasteiger partial charge in [0, 0.05) is 11.1 Å². The molecule has 6 heteroatoms. The van der Waals surface area contributed by atoms with E-state index in [2.05, 4.69) is 14.7 Å². The second-order valence-corrected chi connectivity index (χ2v) is 4.53. The number of carbonyl (C=O) groups excluding carboxylic acids is 1. The van der Waals surface area contributed by atoms with Gasteiger partial charge in [-0.15, -0.1) is 0 Å². The summed E-state index contributed by atoms with van der Waals surface area (Å²) in [6, 6.07) is 3.80. The molecule has 2 aromatic rings. The highest BCUT2D eigenvalue weighted by Gasteiger charge is 2.14. The zero-order chi connectivity index (χ0) is 15.4. The molecule has 0 fully saturated rings. The number of nitrogens with zero attached hydrogens (tertiary/aromatic N) is 1. The Balaban J connectivity index is 2.62. The molecule has 0 radical (unpaired) electrons. The van der Waals surface area contributed by atoms with E-state index in [0.29, 0.717) is 23.2 Å². The summed E-state index contributed by atoms with van der Waals surface area (Å²) in [5, 5.41) is 0. The molecule has 1 heterocycles. The number of hydrogen-bond donors (Lipinski definition) is 1. The summed E-state index contributed by atoms with van der Waals surface area (Å²) in [4.78, 5) is 30.1. The van der Waals surface area contributed by atoms with Crippen molar-refractivity contribution in [3.8, 4) is 11.3 Å². The van der Waals surface area contributed by atoms with Gasteiger partial charge in [-0.1, -0.05) is 13.3 Å². The number of carbonyl (C=O) groups is 1. The summed E-state index contributed by atoms with van der Waals surface area (Å²) < 4.78 is 18.3. The van der Waals surface area contributed by atoms with Gasteiger partial charge in [0.25, 0.3) is 5.56 Å². The maximum Gasteiger partial charge on any atom is 0.337 e. The second-order valence-electron chi connectivity index (χ2n) is 4.53. The van der Waals surface area contributed by atoms with E-state index in [0.717, 1.165) is 12.5 Å². The van der Waals surface area contributed by atoms with Crippen molar-refractivity contribution in [2.24, 2.45) is 0 Å². The average Bonchev–Trinajstić information content (AvgIpc) is 2.48. The van der Waals surface area contributed by atoms with Crippen LogP contribution in [0.4, 0.5) is 4.39 Å². The predicted octanol–water partition coefficient (Wildman–Crippen LogP) is 2.32. The molecule has 0 amide bonds. The minimum absolute atomic E-state index is 0.0806. The van der Waals surface area contributed by atoms with E-state index in [1.54, 1.807) is 0 Å². The molecule has 0 aliphatic carbocycles. The monoisotopic (exact) mass is 290 g/mol. The molecule has 0 saturated heterocycles. The summed E-state index contributed by atoms with van der Waals surface area (Å²) in [7, 11) is 1.22. The van der Waals surface area contributed by atoms with Gasteiger partial charge in [0.15, 0.2) is 0 Å². The van der Waals surface area contributed by atoms with Crippen LogP contribution in [0.1, 0.15) is 29.3 Å². The zero-order valence-corrected chi connectivity index (χ0v) is 11.8. The molecule has 0 unspecified atom stereocenters. The van der Waals surface area contributed by atoms with E-state index < -0.39 is 11.8 Å². The maximum absolute atomic E-state index is 13.7. The normalized spacial score (nSPS) is 10.4. The van der Waals surface area contributed by atoms with Crippen LogP contribution in [0.25, 0.3) is 11.3 Å². The van der Waals surface area contributed by atoms with Gasteiger partial charge in [0.2, 0.25) is 0 Å². The first kappa shape index (κ1) is 14.9. The Kier molecular flexibility index (Phi) is 4.47. The summed E-state index contributed by atoms with van der Waals surface area (Å²) in [6.07, 6.45) is 2.53. The van der Waals surface area contributed by atoms with Gasteiger partial charge < -0.3 is 9.72 Å². The van der Waals surface area contributed by atoms with Crippen LogP contribution in [0.15, 0.2) is 29.3 Å². The molecular formula is C15H15FN2O3. The molecule has 1 aromatic carbocycles. The fourth-order valence-corrected chi connectivity index (χ4v) is 2.12. The first-order chi connectivity index (χ1) is 10.1. The Morgan fingerprint density at radius 1 is 1.38 bits per heavy atom. The van der Waals surface area contributed by atoms with Crippen molar-refractivity contribution < 1.29 is 13.9 Å². The lowest BCUT2D eigenvalue weighted by Crippen LogP contribution is -2.15. The topological polar surface area (TPSA) is 72.0 Å². The molecule has 0 bridgehead atoms. The molecule has 2 rings (SSSR count). The van der Waals surface area contributed by atoms with Crippen molar-refractivity contribution in [2.45, 2.75) is 19.8 Å². The second kappa shape index (κ2) is 6.30. The number of esters is 1. The Bertz CT molecular complexity index is 725. The van der Waals surface area contributed by atoms with Gasteiger partial charge in [-0.25, -0.2) is 14.2 Å². The fraction of sp³-hybridized carbons (Fsp3) is 0.267. The van der Waals surface area contributed by atoms with Gasteiger partial charge in [-0.3, -0.25) is 4.79 Å². The molecule has 0 atom stereocenters. The minimum Gasteiger partial charge on any atom is -0.465 e. The molecular weight excluding hydrogens is 275 g/mol. The Morgan fingerprint density at radius 2 is 2.14 bits per heavy atom. The van der Waals surface area contributed by atoms with E-state index in [9.17, 15) is 14.0 Å². The number of rotatable bonds is 4. The number of ether oxygens (including phenoxy) is 1. The van der Waals surface area contributed by atoms with E-state index in [4.69, 9.17) is 0 Å². The zero-order valence-electron chi connectivity index (χ0n) is 11.8. The lowest BCUT2D eigenvalue weighted by Gasteiger charge is -2.08. The smallest absolute Gasteiger partial charge is 0.337 e. The number of aromatic nitrogens is 2. The Labute approximate surface area is 120 Å². The van der Waals surface area contributed by atoms with Crippen molar-refractivity contribution in [3.63, 3.8) is 0 Å². The maximum atomic E-state index is 13.7. The van der Waals surface area contributed by atoms with Crippen LogP contribution in [0, 0.1) is 5.82 Å². The number of nitrogens with one attached hydrogen (secondary N) is 1. The SMILES string of the molecule is CCCc1c(-c2cc(F)cc(C(=O)OC)c2)nc[nH]c1=O. The first-order valence-electron chi connectivity index (χ1n) is 6.52. The quantitative estimate of drug-likeness (QED) is 0.877. The van der Waals surface area contributed by atoms with Crippen molar-refractivity contribution in [3.05, 3.63) is 51.8 Å². The number of halogens is 1. The highest BCUT2D eigenvalue weighted by Crippen LogP contribution is 2.23. The van der Waals surface area contributed by atoms with Crippen molar-refractivity contribution in [1.29, 1.82) is 0 Å². The van der Waals surface area contributed by atoms with Gasteiger partial charge >= 0.3 is 5.97 Å². The third kappa shape index (κ3) is 3.16. The van der Waals surface area contributed by atoms with Crippen LogP contribution < -0.4 is 5.56 Å². The molecule has 110 valence electrons. The molecule has 0 saturated carbocycles. The van der Waals surface area contributed by atoms with Gasteiger partial charge in [-0.2, -0.15) is 0 Å². The standard InChI is InChI=1S/C15H15FN2O3/c1-3-4-12-13(17-8-18-14(12)19)9-5-10(15(20)21-2)7-11(16)6-9/h5-8H,3-4H2,1-2H3,(H,17,18,19). The highest BCUT2D eigenvalue weighted by atomic mass is 19.1. The molecule has 5 nitrogen and oxygen atoms in total. The lowest BCUT2D eigenvalue weighted by atomic mass is 10.0. The third-order valence-electron chi connectivity index (χ3n) is 3.04. The summed E-state index contributed by atoms with van der Waals surface area (Å²) in [5.74, 6) is -1.23. The van der Waals surface area contributed by atoms with Crippen LogP contribution in [0.5, 0.6) is 0 Å². The van der Waals surface area contributed by atoms with E-state index in [-0.39, 0.29) is 11.1 Å². The third-order valence-corrected chi connectivity index (χ3v) is 3.04. The van der Waals surface area contributed by atoms with Crippen LogP contribution in [-0.2, 0) is 11.2 Å². The summed E-state index contributed by atoms with van der Waals surface area (Å²) in [6.45, 7) is 1.93. The fourth-order valence-electron chi connectivity index (χ4n) is 2.12.